The van der Waals surface area contributed by atoms with E-state index < -0.39 is 10.0 Å². The van der Waals surface area contributed by atoms with E-state index in [0.717, 1.165) is 16.7 Å². The number of aryl methyl sites for hydroxylation is 1. The molecule has 1 atom stereocenters. The number of carbonyl (C=O) groups is 1. The Morgan fingerprint density at radius 3 is 2.35 bits per heavy atom. The molecule has 3 rings (SSSR count). The normalized spacial score (nSPS) is 12.2. The molecule has 0 saturated heterocycles. The molecule has 0 radical (unpaired) electrons. The maximum Gasteiger partial charge on any atom is 0.258 e. The maximum atomic E-state index is 12.6. The fraction of sp³-hybridized carbons (Fsp3) is 0.208. The minimum atomic E-state index is -3.68. The summed E-state index contributed by atoms with van der Waals surface area (Å²) in [6, 6.07) is 22.9. The molecule has 0 spiro atoms. The third kappa shape index (κ3) is 6.67. The van der Waals surface area contributed by atoms with Gasteiger partial charge in [-0.3, -0.25) is 4.79 Å². The van der Waals surface area contributed by atoms with Crippen molar-refractivity contribution in [2.24, 2.45) is 0 Å². The van der Waals surface area contributed by atoms with Crippen LogP contribution in [0, 0.1) is 6.92 Å². The first-order chi connectivity index (χ1) is 14.8. The van der Waals surface area contributed by atoms with Crippen molar-refractivity contribution < 1.29 is 17.9 Å². The van der Waals surface area contributed by atoms with Crippen LogP contribution in [0.3, 0.4) is 0 Å². The summed E-state index contributed by atoms with van der Waals surface area (Å²) >= 11 is 0. The van der Waals surface area contributed by atoms with Gasteiger partial charge in [0.05, 0.1) is 4.90 Å². The van der Waals surface area contributed by atoms with Crippen molar-refractivity contribution in [3.63, 3.8) is 0 Å². The van der Waals surface area contributed by atoms with Crippen LogP contribution in [0.4, 0.5) is 0 Å². The Balaban J connectivity index is 1.51. The van der Waals surface area contributed by atoms with Gasteiger partial charge in [0.25, 0.3) is 5.91 Å². The molecule has 162 valence electrons. The van der Waals surface area contributed by atoms with Gasteiger partial charge in [0.1, 0.15) is 5.75 Å². The standard InChI is InChI=1S/C24H26N2O4S/c1-18-7-6-8-20(15-18)16-25-24(27)17-30-22-11-13-23(14-12-22)31(28,29)26-19(2)21-9-4-3-5-10-21/h3-15,19,26H,16-17H2,1-2H3,(H,25,27)/t19-/m0/s1. The summed E-state index contributed by atoms with van der Waals surface area (Å²) in [7, 11) is -3.68. The van der Waals surface area contributed by atoms with Gasteiger partial charge in [-0.2, -0.15) is 0 Å². The smallest absolute Gasteiger partial charge is 0.258 e. The second-order valence-corrected chi connectivity index (χ2v) is 8.99. The van der Waals surface area contributed by atoms with E-state index in [2.05, 4.69) is 10.0 Å². The van der Waals surface area contributed by atoms with Crippen molar-refractivity contribution in [1.29, 1.82) is 0 Å². The van der Waals surface area contributed by atoms with E-state index >= 15 is 0 Å². The Morgan fingerprint density at radius 1 is 0.968 bits per heavy atom. The maximum absolute atomic E-state index is 12.6. The van der Waals surface area contributed by atoms with Gasteiger partial charge < -0.3 is 10.1 Å². The third-order valence-electron chi connectivity index (χ3n) is 4.71. The first kappa shape index (κ1) is 22.5. The van der Waals surface area contributed by atoms with Gasteiger partial charge in [0.2, 0.25) is 10.0 Å². The molecule has 0 saturated carbocycles. The highest BCUT2D eigenvalue weighted by Gasteiger charge is 2.18. The molecule has 31 heavy (non-hydrogen) atoms. The lowest BCUT2D eigenvalue weighted by Gasteiger charge is -2.15. The van der Waals surface area contributed by atoms with Crippen molar-refractivity contribution in [2.45, 2.75) is 31.3 Å². The predicted molar refractivity (Wildman–Crippen MR) is 120 cm³/mol. The Kier molecular flexibility index (Phi) is 7.44. The lowest BCUT2D eigenvalue weighted by atomic mass is 10.1. The molecule has 0 aliphatic carbocycles. The molecule has 0 aliphatic rings. The molecule has 0 aromatic heterocycles. The van der Waals surface area contributed by atoms with Crippen molar-refractivity contribution in [3.8, 4) is 5.75 Å². The summed E-state index contributed by atoms with van der Waals surface area (Å²) in [4.78, 5) is 12.1. The van der Waals surface area contributed by atoms with E-state index in [1.54, 1.807) is 6.92 Å². The van der Waals surface area contributed by atoms with Gasteiger partial charge in [0.15, 0.2) is 6.61 Å². The number of rotatable bonds is 9. The van der Waals surface area contributed by atoms with Crippen LogP contribution in [0.5, 0.6) is 5.75 Å². The van der Waals surface area contributed by atoms with Gasteiger partial charge in [-0.25, -0.2) is 13.1 Å². The molecule has 0 bridgehead atoms. The summed E-state index contributed by atoms with van der Waals surface area (Å²) < 4.78 is 33.4. The van der Waals surface area contributed by atoms with Crippen LogP contribution in [0.2, 0.25) is 0 Å². The van der Waals surface area contributed by atoms with Crippen LogP contribution >= 0.6 is 0 Å². The van der Waals surface area contributed by atoms with Crippen molar-refractivity contribution >= 4 is 15.9 Å². The largest absolute Gasteiger partial charge is 0.484 e. The number of carbonyl (C=O) groups excluding carboxylic acids is 1. The summed E-state index contributed by atoms with van der Waals surface area (Å²) in [6.45, 7) is 4.06. The number of hydrogen-bond donors (Lipinski definition) is 2. The highest BCUT2D eigenvalue weighted by Crippen LogP contribution is 2.19. The average molecular weight is 439 g/mol. The molecule has 7 heteroatoms. The van der Waals surface area contributed by atoms with E-state index in [4.69, 9.17) is 4.74 Å². The zero-order valence-electron chi connectivity index (χ0n) is 17.5. The van der Waals surface area contributed by atoms with Crippen LogP contribution < -0.4 is 14.8 Å². The second kappa shape index (κ2) is 10.2. The van der Waals surface area contributed by atoms with E-state index in [1.165, 1.54) is 24.3 Å². The first-order valence-electron chi connectivity index (χ1n) is 9.96. The molecule has 3 aromatic carbocycles. The first-order valence-corrected chi connectivity index (χ1v) is 11.4. The number of amides is 1. The Hall–Kier alpha value is -3.16. The summed E-state index contributed by atoms with van der Waals surface area (Å²) in [5.74, 6) is 0.164. The molecule has 0 heterocycles. The Bertz CT molecular complexity index is 1110. The number of sulfonamides is 1. The lowest BCUT2D eigenvalue weighted by molar-refractivity contribution is -0.123. The van der Waals surface area contributed by atoms with Gasteiger partial charge in [-0.1, -0.05) is 60.2 Å². The monoisotopic (exact) mass is 438 g/mol. The Morgan fingerprint density at radius 2 is 1.68 bits per heavy atom. The molecule has 3 aromatic rings. The lowest BCUT2D eigenvalue weighted by Crippen LogP contribution is -2.28. The molecule has 0 aliphatic heterocycles. The van der Waals surface area contributed by atoms with Crippen molar-refractivity contribution in [1.82, 2.24) is 10.0 Å². The predicted octanol–water partition coefficient (Wildman–Crippen LogP) is 3.73. The number of ether oxygens (including phenoxy) is 1. The minimum Gasteiger partial charge on any atom is -0.484 e. The van der Waals surface area contributed by atoms with Gasteiger partial charge >= 0.3 is 0 Å². The zero-order valence-corrected chi connectivity index (χ0v) is 18.4. The number of hydrogen-bond acceptors (Lipinski definition) is 4. The quantitative estimate of drug-likeness (QED) is 0.533. The summed E-state index contributed by atoms with van der Waals surface area (Å²) in [5.41, 5.74) is 3.02. The van der Waals surface area contributed by atoms with E-state index in [1.807, 2.05) is 61.5 Å². The molecule has 2 N–H and O–H groups in total. The number of benzene rings is 3. The molecule has 0 fully saturated rings. The van der Waals surface area contributed by atoms with Crippen LogP contribution in [-0.2, 0) is 21.4 Å². The fourth-order valence-corrected chi connectivity index (χ4v) is 4.28. The summed E-state index contributed by atoms with van der Waals surface area (Å²) in [5, 5.41) is 2.80. The average Bonchev–Trinajstić information content (AvgIpc) is 2.77. The van der Waals surface area contributed by atoms with E-state index in [9.17, 15) is 13.2 Å². The fourth-order valence-electron chi connectivity index (χ4n) is 3.05. The van der Waals surface area contributed by atoms with Crippen LogP contribution in [0.15, 0.2) is 83.8 Å². The second-order valence-electron chi connectivity index (χ2n) is 7.28. The van der Waals surface area contributed by atoms with E-state index in [-0.39, 0.29) is 23.5 Å². The topological polar surface area (TPSA) is 84.5 Å². The van der Waals surface area contributed by atoms with Crippen molar-refractivity contribution in [3.05, 3.63) is 95.6 Å². The van der Waals surface area contributed by atoms with Crippen LogP contribution in [0.1, 0.15) is 29.7 Å². The highest BCUT2D eigenvalue weighted by molar-refractivity contribution is 7.89. The van der Waals surface area contributed by atoms with Gasteiger partial charge in [0, 0.05) is 12.6 Å². The third-order valence-corrected chi connectivity index (χ3v) is 6.26. The van der Waals surface area contributed by atoms with Crippen LogP contribution in [0.25, 0.3) is 0 Å². The number of nitrogens with one attached hydrogen (secondary N) is 2. The molecular formula is C24H26N2O4S. The molecular weight excluding hydrogens is 412 g/mol. The van der Waals surface area contributed by atoms with Gasteiger partial charge in [-0.15, -0.1) is 0 Å². The van der Waals surface area contributed by atoms with E-state index in [0.29, 0.717) is 12.3 Å². The Labute approximate surface area is 183 Å². The molecule has 0 unspecified atom stereocenters. The SMILES string of the molecule is Cc1cccc(CNC(=O)COc2ccc(S(=O)(=O)N[C@@H](C)c3ccccc3)cc2)c1. The van der Waals surface area contributed by atoms with Gasteiger partial charge in [-0.05, 0) is 49.2 Å². The zero-order chi connectivity index (χ0) is 22.3. The molecule has 1 amide bonds. The minimum absolute atomic E-state index is 0.131. The van der Waals surface area contributed by atoms with Crippen molar-refractivity contribution in [2.75, 3.05) is 6.61 Å². The van der Waals surface area contributed by atoms with Crippen LogP contribution in [-0.4, -0.2) is 20.9 Å². The summed E-state index contributed by atoms with van der Waals surface area (Å²) in [6.07, 6.45) is 0. The highest BCUT2D eigenvalue weighted by atomic mass is 32.2. The molecule has 6 nitrogen and oxygen atoms in total.